The third kappa shape index (κ3) is 1.79. The van der Waals surface area contributed by atoms with Crippen molar-refractivity contribution in [3.05, 3.63) is 12.2 Å². The van der Waals surface area contributed by atoms with Gasteiger partial charge < -0.3 is 14.3 Å². The van der Waals surface area contributed by atoms with Crippen LogP contribution < -0.4 is 0 Å². The van der Waals surface area contributed by atoms with Gasteiger partial charge in [-0.3, -0.25) is 0 Å². The van der Waals surface area contributed by atoms with Gasteiger partial charge in [-0.05, 0) is 25.7 Å². The summed E-state index contributed by atoms with van der Waals surface area (Å²) < 4.78 is 11.0. The second-order valence-corrected chi connectivity index (χ2v) is 5.87. The SMILES string of the molecule is C=C(C)C(=O)OC1(OC)CC2CC1C(C)(C=O)C2. The van der Waals surface area contributed by atoms with Crippen molar-refractivity contribution in [3.63, 3.8) is 0 Å². The van der Waals surface area contributed by atoms with Crippen LogP contribution in [0, 0.1) is 17.3 Å². The molecule has 18 heavy (non-hydrogen) atoms. The number of esters is 1. The first-order valence-corrected chi connectivity index (χ1v) is 6.27. The summed E-state index contributed by atoms with van der Waals surface area (Å²) in [6.07, 6.45) is 3.40. The lowest BCUT2D eigenvalue weighted by molar-refractivity contribution is -0.253. The van der Waals surface area contributed by atoms with E-state index in [0.29, 0.717) is 17.9 Å². The number of methoxy groups -OCH3 is 1. The molecule has 0 heterocycles. The molecule has 4 heteroatoms. The molecule has 0 aliphatic heterocycles. The summed E-state index contributed by atoms with van der Waals surface area (Å²) in [5.74, 6) is -1.06. The molecule has 0 aromatic carbocycles. The van der Waals surface area contributed by atoms with Crippen molar-refractivity contribution in [2.24, 2.45) is 17.3 Å². The first kappa shape index (κ1) is 13.3. The molecule has 2 saturated carbocycles. The first-order valence-electron chi connectivity index (χ1n) is 6.27. The molecule has 2 fully saturated rings. The first-order chi connectivity index (χ1) is 8.37. The molecular formula is C14H20O4. The second kappa shape index (κ2) is 4.19. The van der Waals surface area contributed by atoms with Crippen LogP contribution in [-0.4, -0.2) is 25.2 Å². The van der Waals surface area contributed by atoms with Crippen LogP contribution in [0.15, 0.2) is 12.2 Å². The fourth-order valence-electron chi connectivity index (χ4n) is 3.59. The van der Waals surface area contributed by atoms with Crippen LogP contribution in [0.25, 0.3) is 0 Å². The van der Waals surface area contributed by atoms with E-state index in [-0.39, 0.29) is 5.92 Å². The zero-order valence-electron chi connectivity index (χ0n) is 11.2. The minimum Gasteiger partial charge on any atom is -0.429 e. The van der Waals surface area contributed by atoms with Crippen LogP contribution in [0.3, 0.4) is 0 Å². The zero-order valence-corrected chi connectivity index (χ0v) is 11.2. The molecule has 2 rings (SSSR count). The highest BCUT2D eigenvalue weighted by Gasteiger charge is 2.63. The standard InChI is InChI=1S/C14H20O4/c1-9(2)12(16)18-14(17-4)7-10-5-11(14)13(3,6-10)8-15/h8,10-11H,1,5-7H2,2-4H3. The molecule has 0 aromatic heterocycles. The third-order valence-electron chi connectivity index (χ3n) is 4.43. The number of aldehydes is 1. The van der Waals surface area contributed by atoms with Gasteiger partial charge >= 0.3 is 5.97 Å². The Morgan fingerprint density at radius 3 is 2.56 bits per heavy atom. The minimum atomic E-state index is -0.950. The van der Waals surface area contributed by atoms with E-state index in [4.69, 9.17) is 9.47 Å². The van der Waals surface area contributed by atoms with Gasteiger partial charge in [0.1, 0.15) is 6.29 Å². The number of hydrogen-bond donors (Lipinski definition) is 0. The minimum absolute atomic E-state index is 0.0548. The lowest BCUT2D eigenvalue weighted by Crippen LogP contribution is -2.49. The van der Waals surface area contributed by atoms with E-state index < -0.39 is 17.2 Å². The van der Waals surface area contributed by atoms with Gasteiger partial charge in [-0.25, -0.2) is 4.79 Å². The summed E-state index contributed by atoms with van der Waals surface area (Å²) in [7, 11) is 1.54. The lowest BCUT2D eigenvalue weighted by atomic mass is 9.72. The van der Waals surface area contributed by atoms with E-state index in [9.17, 15) is 9.59 Å². The number of carbonyl (C=O) groups excluding carboxylic acids is 2. The molecule has 2 aliphatic rings. The van der Waals surface area contributed by atoms with Crippen molar-refractivity contribution in [1.29, 1.82) is 0 Å². The van der Waals surface area contributed by atoms with Crippen LogP contribution in [0.1, 0.15) is 33.1 Å². The fraction of sp³-hybridized carbons (Fsp3) is 0.714. The molecule has 2 aliphatic carbocycles. The highest BCUT2D eigenvalue weighted by molar-refractivity contribution is 5.87. The maximum Gasteiger partial charge on any atom is 0.335 e. The Bertz CT molecular complexity index is 403. The summed E-state index contributed by atoms with van der Waals surface area (Å²) >= 11 is 0. The summed E-state index contributed by atoms with van der Waals surface area (Å²) in [6, 6.07) is 0. The zero-order chi connectivity index (χ0) is 13.6. The molecular weight excluding hydrogens is 232 g/mol. The van der Waals surface area contributed by atoms with Crippen molar-refractivity contribution in [2.45, 2.75) is 38.9 Å². The third-order valence-corrected chi connectivity index (χ3v) is 4.43. The quantitative estimate of drug-likeness (QED) is 0.333. The summed E-state index contributed by atoms with van der Waals surface area (Å²) in [5.41, 5.74) is -0.101. The van der Waals surface area contributed by atoms with E-state index in [1.165, 1.54) is 7.11 Å². The van der Waals surface area contributed by atoms with E-state index in [1.54, 1.807) is 6.92 Å². The summed E-state index contributed by atoms with van der Waals surface area (Å²) in [5, 5.41) is 0. The van der Waals surface area contributed by atoms with Crippen molar-refractivity contribution < 1.29 is 19.1 Å². The molecule has 0 N–H and O–H groups in total. The molecule has 4 atom stereocenters. The highest BCUT2D eigenvalue weighted by atomic mass is 16.7. The smallest absolute Gasteiger partial charge is 0.335 e. The van der Waals surface area contributed by atoms with Gasteiger partial charge in [0.05, 0.1) is 0 Å². The summed E-state index contributed by atoms with van der Waals surface area (Å²) in [4.78, 5) is 23.1. The molecule has 4 unspecified atom stereocenters. The van der Waals surface area contributed by atoms with Crippen molar-refractivity contribution in [3.8, 4) is 0 Å². The maximum absolute atomic E-state index is 11.7. The molecule has 0 spiro atoms. The van der Waals surface area contributed by atoms with Crippen LogP contribution in [0.2, 0.25) is 0 Å². The van der Waals surface area contributed by atoms with Gasteiger partial charge in [0.2, 0.25) is 5.79 Å². The van der Waals surface area contributed by atoms with Gasteiger partial charge in [0, 0.05) is 30.4 Å². The van der Waals surface area contributed by atoms with Crippen LogP contribution in [0.4, 0.5) is 0 Å². The van der Waals surface area contributed by atoms with E-state index in [2.05, 4.69) is 6.58 Å². The van der Waals surface area contributed by atoms with Gasteiger partial charge in [-0.15, -0.1) is 0 Å². The Balaban J connectivity index is 2.27. The number of rotatable bonds is 4. The van der Waals surface area contributed by atoms with E-state index >= 15 is 0 Å². The molecule has 0 aromatic rings. The number of hydrogen-bond acceptors (Lipinski definition) is 4. The molecule has 0 saturated heterocycles. The molecule has 0 radical (unpaired) electrons. The van der Waals surface area contributed by atoms with E-state index in [1.807, 2.05) is 6.92 Å². The van der Waals surface area contributed by atoms with Gasteiger partial charge in [0.25, 0.3) is 0 Å². The Hall–Kier alpha value is -1.16. The number of fused-ring (bicyclic) bond motifs is 2. The van der Waals surface area contributed by atoms with Gasteiger partial charge in [-0.2, -0.15) is 0 Å². The maximum atomic E-state index is 11.7. The topological polar surface area (TPSA) is 52.6 Å². The normalized spacial score (nSPS) is 41.7. The predicted molar refractivity (Wildman–Crippen MR) is 65.6 cm³/mol. The van der Waals surface area contributed by atoms with Crippen LogP contribution in [-0.2, 0) is 19.1 Å². The Kier molecular flexibility index (Phi) is 3.09. The van der Waals surface area contributed by atoms with Gasteiger partial charge in [-0.1, -0.05) is 13.5 Å². The molecule has 100 valence electrons. The Morgan fingerprint density at radius 1 is 1.44 bits per heavy atom. The average Bonchev–Trinajstić information content (AvgIpc) is 2.84. The molecule has 0 amide bonds. The monoisotopic (exact) mass is 252 g/mol. The number of carbonyl (C=O) groups is 2. The van der Waals surface area contributed by atoms with Crippen molar-refractivity contribution in [1.82, 2.24) is 0 Å². The highest BCUT2D eigenvalue weighted by Crippen LogP contribution is 2.60. The number of ether oxygens (including phenoxy) is 2. The van der Waals surface area contributed by atoms with Crippen molar-refractivity contribution in [2.75, 3.05) is 7.11 Å². The van der Waals surface area contributed by atoms with Crippen LogP contribution in [0.5, 0.6) is 0 Å². The van der Waals surface area contributed by atoms with E-state index in [0.717, 1.165) is 19.1 Å². The molecule has 4 nitrogen and oxygen atoms in total. The van der Waals surface area contributed by atoms with Gasteiger partial charge in [0.15, 0.2) is 0 Å². The fourth-order valence-corrected chi connectivity index (χ4v) is 3.59. The lowest BCUT2D eigenvalue weighted by Gasteiger charge is -2.42. The largest absolute Gasteiger partial charge is 0.429 e. The van der Waals surface area contributed by atoms with Crippen LogP contribution >= 0.6 is 0 Å². The summed E-state index contributed by atoms with van der Waals surface area (Å²) in [6.45, 7) is 7.11. The molecule has 2 bridgehead atoms. The predicted octanol–water partition coefficient (Wildman–Crippen LogP) is 2.08. The Morgan fingerprint density at radius 2 is 2.11 bits per heavy atom. The van der Waals surface area contributed by atoms with Crippen molar-refractivity contribution >= 4 is 12.3 Å². The Labute approximate surface area is 107 Å². The average molecular weight is 252 g/mol. The second-order valence-electron chi connectivity index (χ2n) is 5.87.